The number of alkyl halides is 7. The lowest BCUT2D eigenvalue weighted by molar-refractivity contribution is -0.345. The number of para-hydroxylation sites is 1. The average molecular weight is 465 g/mol. The third-order valence-electron chi connectivity index (χ3n) is 4.72. The van der Waals surface area contributed by atoms with Crippen LogP contribution in [0.4, 0.5) is 30.7 Å². The second-order valence-corrected chi connectivity index (χ2v) is 7.20. The zero-order valence-electron chi connectivity index (χ0n) is 17.1. The van der Waals surface area contributed by atoms with Gasteiger partial charge in [-0.1, -0.05) is 48.5 Å². The number of benzene rings is 2. The highest BCUT2D eigenvalue weighted by Crippen LogP contribution is 2.47. The van der Waals surface area contributed by atoms with Gasteiger partial charge in [-0.3, -0.25) is 4.79 Å². The molecule has 3 nitrogen and oxygen atoms in total. The molecule has 2 rings (SSSR count). The molecular formula is C22H22F7NO2. The minimum absolute atomic E-state index is 0.0662. The lowest BCUT2D eigenvalue weighted by Gasteiger charge is -2.30. The van der Waals surface area contributed by atoms with E-state index in [2.05, 4.69) is 0 Å². The zero-order chi connectivity index (χ0) is 24.0. The van der Waals surface area contributed by atoms with E-state index >= 15 is 0 Å². The number of carbonyl (C=O) groups excluding carboxylic acids is 1. The van der Waals surface area contributed by atoms with Gasteiger partial charge in [-0.05, 0) is 30.0 Å². The number of carbonyl (C=O) groups is 1. The van der Waals surface area contributed by atoms with Crippen molar-refractivity contribution in [2.45, 2.75) is 37.3 Å². The smallest absolute Gasteiger partial charge is 0.460 e. The molecule has 0 N–H and O–H groups in total. The molecule has 176 valence electrons. The van der Waals surface area contributed by atoms with Crippen LogP contribution in [-0.2, 0) is 11.2 Å². The fourth-order valence-electron chi connectivity index (χ4n) is 2.89. The molecular weight excluding hydrogens is 443 g/mol. The highest BCUT2D eigenvalue weighted by molar-refractivity contribution is 5.84. The monoisotopic (exact) mass is 465 g/mol. The van der Waals surface area contributed by atoms with E-state index < -0.39 is 30.5 Å². The summed E-state index contributed by atoms with van der Waals surface area (Å²) >= 11 is 0. The summed E-state index contributed by atoms with van der Waals surface area (Å²) in [4.78, 5) is 11.7. The Bertz CT molecular complexity index is 885. The molecule has 1 amide bonds. The van der Waals surface area contributed by atoms with Crippen LogP contribution in [0.2, 0.25) is 0 Å². The molecule has 2 aromatic carbocycles. The summed E-state index contributed by atoms with van der Waals surface area (Å²) in [7, 11) is 0.749. The molecule has 0 unspecified atom stereocenters. The lowest BCUT2D eigenvalue weighted by atomic mass is 10.0. The Morgan fingerprint density at radius 2 is 1.47 bits per heavy atom. The van der Waals surface area contributed by atoms with Gasteiger partial charge in [0.05, 0.1) is 6.61 Å². The van der Waals surface area contributed by atoms with E-state index in [4.69, 9.17) is 4.74 Å². The maximum atomic E-state index is 13.5. The zero-order valence-corrected chi connectivity index (χ0v) is 17.1. The first-order valence-corrected chi connectivity index (χ1v) is 9.70. The Morgan fingerprint density at radius 1 is 0.875 bits per heavy atom. The van der Waals surface area contributed by atoms with Crippen LogP contribution in [0.5, 0.6) is 5.75 Å². The van der Waals surface area contributed by atoms with Crippen molar-refractivity contribution >= 4 is 5.91 Å². The fraction of sp³-hybridized carbons (Fsp3) is 0.409. The number of hydrogen-bond acceptors (Lipinski definition) is 2. The molecule has 2 aromatic rings. The van der Waals surface area contributed by atoms with Crippen LogP contribution in [0.15, 0.2) is 54.6 Å². The van der Waals surface area contributed by atoms with Gasteiger partial charge in [0.25, 0.3) is 5.91 Å². The van der Waals surface area contributed by atoms with E-state index in [-0.39, 0.29) is 24.3 Å². The quantitative estimate of drug-likeness (QED) is 0.332. The number of nitrogens with zero attached hydrogens (tertiary/aromatic N) is 1. The molecule has 0 fully saturated rings. The summed E-state index contributed by atoms with van der Waals surface area (Å²) in [6.45, 7) is -0.291. The van der Waals surface area contributed by atoms with Crippen molar-refractivity contribution < 1.29 is 40.3 Å². The van der Waals surface area contributed by atoms with Gasteiger partial charge in [-0.15, -0.1) is 0 Å². The minimum atomic E-state index is -6.55. The summed E-state index contributed by atoms with van der Waals surface area (Å²) in [6.07, 6.45) is -5.60. The Kier molecular flexibility index (Phi) is 8.14. The maximum Gasteiger partial charge on any atom is 0.460 e. The van der Waals surface area contributed by atoms with Crippen molar-refractivity contribution in [2.24, 2.45) is 0 Å². The van der Waals surface area contributed by atoms with Gasteiger partial charge in [-0.2, -0.15) is 30.7 Å². The lowest BCUT2D eigenvalue weighted by Crippen LogP contribution is -2.59. The van der Waals surface area contributed by atoms with Gasteiger partial charge in [0.15, 0.2) is 0 Å². The molecule has 0 aliphatic carbocycles. The Hall–Kier alpha value is -2.78. The SMILES string of the molecule is CN(CCCCOc1ccccc1Cc1ccccc1)C(=O)C(F)(F)C(F)(F)C(F)(F)F. The normalized spacial score (nSPS) is 12.5. The second-order valence-electron chi connectivity index (χ2n) is 7.20. The van der Waals surface area contributed by atoms with Crippen LogP contribution in [0.3, 0.4) is 0 Å². The Labute approximate surface area is 180 Å². The molecule has 0 atom stereocenters. The molecule has 0 aromatic heterocycles. The highest BCUT2D eigenvalue weighted by Gasteiger charge is 2.76. The topological polar surface area (TPSA) is 29.5 Å². The minimum Gasteiger partial charge on any atom is -0.493 e. The summed E-state index contributed by atoms with van der Waals surface area (Å²) in [5.41, 5.74) is 1.99. The molecule has 10 heteroatoms. The van der Waals surface area contributed by atoms with Gasteiger partial charge >= 0.3 is 18.0 Å². The number of amides is 1. The molecule has 0 bridgehead atoms. The van der Waals surface area contributed by atoms with E-state index in [9.17, 15) is 35.5 Å². The van der Waals surface area contributed by atoms with Crippen molar-refractivity contribution in [3.8, 4) is 5.75 Å². The largest absolute Gasteiger partial charge is 0.493 e. The first kappa shape index (κ1) is 25.5. The number of halogens is 7. The highest BCUT2D eigenvalue weighted by atomic mass is 19.4. The average Bonchev–Trinajstić information content (AvgIpc) is 2.73. The number of unbranched alkanes of at least 4 members (excludes halogenated alkanes) is 1. The molecule has 0 aliphatic rings. The van der Waals surface area contributed by atoms with Crippen LogP contribution < -0.4 is 4.74 Å². The molecule has 0 spiro atoms. The second kappa shape index (κ2) is 10.2. The van der Waals surface area contributed by atoms with Crippen molar-refractivity contribution in [2.75, 3.05) is 20.2 Å². The third kappa shape index (κ3) is 5.92. The van der Waals surface area contributed by atoms with E-state index in [0.29, 0.717) is 12.2 Å². The van der Waals surface area contributed by atoms with Crippen molar-refractivity contribution in [3.63, 3.8) is 0 Å². The predicted molar refractivity (Wildman–Crippen MR) is 104 cm³/mol. The molecule has 32 heavy (non-hydrogen) atoms. The van der Waals surface area contributed by atoms with E-state index in [1.807, 2.05) is 42.5 Å². The van der Waals surface area contributed by atoms with E-state index in [0.717, 1.165) is 18.2 Å². The first-order valence-electron chi connectivity index (χ1n) is 9.70. The van der Waals surface area contributed by atoms with E-state index in [1.165, 1.54) is 0 Å². The third-order valence-corrected chi connectivity index (χ3v) is 4.72. The number of rotatable bonds is 10. The van der Waals surface area contributed by atoms with Gasteiger partial charge < -0.3 is 9.64 Å². The van der Waals surface area contributed by atoms with Gasteiger partial charge in [-0.25, -0.2) is 0 Å². The molecule has 0 saturated carbocycles. The number of hydrogen-bond donors (Lipinski definition) is 0. The predicted octanol–water partition coefficient (Wildman–Crippen LogP) is 5.73. The van der Waals surface area contributed by atoms with Crippen LogP contribution in [0, 0.1) is 0 Å². The van der Waals surface area contributed by atoms with Crippen molar-refractivity contribution in [1.29, 1.82) is 0 Å². The summed E-state index contributed by atoms with van der Waals surface area (Å²) in [6, 6.07) is 16.9. The van der Waals surface area contributed by atoms with Crippen molar-refractivity contribution in [3.05, 3.63) is 65.7 Å². The van der Waals surface area contributed by atoms with E-state index in [1.54, 1.807) is 12.1 Å². The molecule has 0 radical (unpaired) electrons. The van der Waals surface area contributed by atoms with Crippen LogP contribution >= 0.6 is 0 Å². The summed E-state index contributed by atoms with van der Waals surface area (Å²) < 4.78 is 95.3. The molecule has 0 saturated heterocycles. The Balaban J connectivity index is 1.85. The first-order chi connectivity index (χ1) is 14.9. The maximum absolute atomic E-state index is 13.5. The number of ether oxygens (including phenoxy) is 1. The van der Waals surface area contributed by atoms with Crippen LogP contribution in [0.1, 0.15) is 24.0 Å². The van der Waals surface area contributed by atoms with Gasteiger partial charge in [0.1, 0.15) is 5.75 Å². The van der Waals surface area contributed by atoms with Gasteiger partial charge in [0.2, 0.25) is 0 Å². The molecule has 0 heterocycles. The summed E-state index contributed by atoms with van der Waals surface area (Å²) in [5, 5.41) is 0. The fourth-order valence-corrected chi connectivity index (χ4v) is 2.89. The van der Waals surface area contributed by atoms with Crippen LogP contribution in [0.25, 0.3) is 0 Å². The van der Waals surface area contributed by atoms with Gasteiger partial charge in [0, 0.05) is 20.0 Å². The summed E-state index contributed by atoms with van der Waals surface area (Å²) in [5.74, 6) is -14.3. The van der Waals surface area contributed by atoms with Crippen LogP contribution in [-0.4, -0.2) is 49.0 Å². The standard InChI is InChI=1S/C22H22F7NO2/c1-30(19(31)20(23,24)21(25,26)22(27,28)29)13-7-8-14-32-18-12-6-5-11-17(18)15-16-9-3-2-4-10-16/h2-6,9-12H,7-8,13-15H2,1H3. The van der Waals surface area contributed by atoms with Crippen molar-refractivity contribution in [1.82, 2.24) is 4.90 Å². The Morgan fingerprint density at radius 3 is 2.09 bits per heavy atom. The molecule has 0 aliphatic heterocycles.